The van der Waals surface area contributed by atoms with Crippen molar-refractivity contribution in [3.63, 3.8) is 0 Å². The molecule has 0 aliphatic heterocycles. The Labute approximate surface area is 174 Å². The number of benzene rings is 2. The Morgan fingerprint density at radius 1 is 1.18 bits per heavy atom. The van der Waals surface area contributed by atoms with Crippen LogP contribution in [0.5, 0.6) is 11.5 Å². The fourth-order valence-electron chi connectivity index (χ4n) is 2.46. The van der Waals surface area contributed by atoms with Gasteiger partial charge in [-0.3, -0.25) is 5.43 Å². The third kappa shape index (κ3) is 5.47. The molecule has 0 aliphatic rings. The van der Waals surface area contributed by atoms with E-state index in [2.05, 4.69) is 15.5 Å². The van der Waals surface area contributed by atoms with Crippen LogP contribution >= 0.6 is 22.9 Å². The van der Waals surface area contributed by atoms with Crippen LogP contribution in [-0.4, -0.2) is 23.9 Å². The summed E-state index contributed by atoms with van der Waals surface area (Å²) in [6.45, 7) is 6.49. The summed E-state index contributed by atoms with van der Waals surface area (Å²) in [5.74, 6) is 1.44. The van der Waals surface area contributed by atoms with Gasteiger partial charge in [-0.05, 0) is 56.7 Å². The van der Waals surface area contributed by atoms with E-state index in [1.165, 1.54) is 11.3 Å². The maximum absolute atomic E-state index is 5.93. The number of anilines is 1. The van der Waals surface area contributed by atoms with Crippen LogP contribution in [0.25, 0.3) is 11.3 Å². The first-order valence-corrected chi connectivity index (χ1v) is 10.2. The molecule has 1 N–H and O–H groups in total. The Morgan fingerprint density at radius 2 is 1.96 bits per heavy atom. The average molecular weight is 416 g/mol. The van der Waals surface area contributed by atoms with Gasteiger partial charge in [0.15, 0.2) is 11.5 Å². The van der Waals surface area contributed by atoms with Crippen LogP contribution in [0.15, 0.2) is 52.9 Å². The molecule has 5 nitrogen and oxygen atoms in total. The van der Waals surface area contributed by atoms with Gasteiger partial charge in [-0.25, -0.2) is 4.98 Å². The Kier molecular flexibility index (Phi) is 6.90. The lowest BCUT2D eigenvalue weighted by molar-refractivity contribution is 0.224. The van der Waals surface area contributed by atoms with E-state index in [1.54, 1.807) is 6.21 Å². The van der Waals surface area contributed by atoms with Crippen molar-refractivity contribution in [2.75, 3.05) is 12.0 Å². The zero-order valence-corrected chi connectivity index (χ0v) is 17.6. The minimum Gasteiger partial charge on any atom is -0.490 e. The fraction of sp³-hybridized carbons (Fsp3) is 0.238. The summed E-state index contributed by atoms with van der Waals surface area (Å²) in [6.07, 6.45) is 1.81. The summed E-state index contributed by atoms with van der Waals surface area (Å²) in [5, 5.41) is 7.68. The van der Waals surface area contributed by atoms with Crippen molar-refractivity contribution in [2.45, 2.75) is 26.9 Å². The van der Waals surface area contributed by atoms with Gasteiger partial charge in [0, 0.05) is 16.0 Å². The monoisotopic (exact) mass is 415 g/mol. The molecule has 3 rings (SSSR count). The Morgan fingerprint density at radius 3 is 2.68 bits per heavy atom. The number of ether oxygens (including phenoxy) is 2. The van der Waals surface area contributed by atoms with Crippen molar-refractivity contribution in [2.24, 2.45) is 5.10 Å². The van der Waals surface area contributed by atoms with Gasteiger partial charge in [-0.15, -0.1) is 11.3 Å². The molecule has 0 fully saturated rings. The quantitative estimate of drug-likeness (QED) is 0.357. The van der Waals surface area contributed by atoms with Gasteiger partial charge in [0.25, 0.3) is 0 Å². The number of rotatable bonds is 8. The van der Waals surface area contributed by atoms with Crippen molar-refractivity contribution >= 4 is 34.3 Å². The number of thiazole rings is 1. The summed E-state index contributed by atoms with van der Waals surface area (Å²) >= 11 is 7.42. The summed E-state index contributed by atoms with van der Waals surface area (Å²) in [6, 6.07) is 13.3. The predicted molar refractivity (Wildman–Crippen MR) is 117 cm³/mol. The molecule has 3 aromatic rings. The highest BCUT2D eigenvalue weighted by molar-refractivity contribution is 7.14. The molecule has 1 aromatic heterocycles. The van der Waals surface area contributed by atoms with Crippen LogP contribution in [-0.2, 0) is 0 Å². The molecule has 0 saturated heterocycles. The van der Waals surface area contributed by atoms with Crippen LogP contribution in [0.4, 0.5) is 5.13 Å². The lowest BCUT2D eigenvalue weighted by Gasteiger charge is -2.14. The molecule has 2 aromatic carbocycles. The minimum atomic E-state index is 0.0835. The Balaban J connectivity index is 1.67. The Hall–Kier alpha value is -2.57. The van der Waals surface area contributed by atoms with Crippen LogP contribution < -0.4 is 14.9 Å². The Bertz CT molecular complexity index is 939. The summed E-state index contributed by atoms with van der Waals surface area (Å²) in [5.41, 5.74) is 5.77. The zero-order valence-electron chi connectivity index (χ0n) is 16.0. The van der Waals surface area contributed by atoms with Gasteiger partial charge < -0.3 is 9.47 Å². The van der Waals surface area contributed by atoms with Crippen LogP contribution in [0.1, 0.15) is 26.3 Å². The van der Waals surface area contributed by atoms with Crippen molar-refractivity contribution in [3.05, 3.63) is 58.4 Å². The molecule has 1 heterocycles. The van der Waals surface area contributed by atoms with Gasteiger partial charge in [-0.1, -0.05) is 23.7 Å². The van der Waals surface area contributed by atoms with E-state index in [1.807, 2.05) is 68.6 Å². The third-order valence-corrected chi connectivity index (χ3v) is 4.65. The van der Waals surface area contributed by atoms with Crippen molar-refractivity contribution < 1.29 is 9.47 Å². The fourth-order valence-corrected chi connectivity index (χ4v) is 3.26. The topological polar surface area (TPSA) is 55.7 Å². The van der Waals surface area contributed by atoms with E-state index in [0.29, 0.717) is 22.5 Å². The first-order valence-electron chi connectivity index (χ1n) is 8.99. The maximum Gasteiger partial charge on any atom is 0.203 e. The average Bonchev–Trinajstić information content (AvgIpc) is 3.13. The molecule has 0 unspecified atom stereocenters. The van der Waals surface area contributed by atoms with E-state index in [4.69, 9.17) is 21.1 Å². The van der Waals surface area contributed by atoms with Crippen LogP contribution in [0, 0.1) is 0 Å². The number of hydrazone groups is 1. The van der Waals surface area contributed by atoms with Crippen molar-refractivity contribution in [1.82, 2.24) is 4.98 Å². The molecular formula is C21H22ClN3O2S. The van der Waals surface area contributed by atoms with E-state index in [-0.39, 0.29) is 6.10 Å². The molecule has 0 atom stereocenters. The van der Waals surface area contributed by atoms with E-state index < -0.39 is 0 Å². The van der Waals surface area contributed by atoms with Gasteiger partial charge in [0.05, 0.1) is 24.6 Å². The lowest BCUT2D eigenvalue weighted by Crippen LogP contribution is -2.07. The maximum atomic E-state index is 5.93. The highest BCUT2D eigenvalue weighted by Crippen LogP contribution is 2.29. The lowest BCUT2D eigenvalue weighted by atomic mass is 10.2. The van der Waals surface area contributed by atoms with Gasteiger partial charge in [0.1, 0.15) is 0 Å². The van der Waals surface area contributed by atoms with E-state index in [9.17, 15) is 0 Å². The number of hydrogen-bond acceptors (Lipinski definition) is 6. The van der Waals surface area contributed by atoms with Gasteiger partial charge in [0.2, 0.25) is 5.13 Å². The van der Waals surface area contributed by atoms with E-state index >= 15 is 0 Å². The normalized spacial score (nSPS) is 11.2. The summed E-state index contributed by atoms with van der Waals surface area (Å²) in [7, 11) is 0. The molecule has 0 saturated carbocycles. The zero-order chi connectivity index (χ0) is 19.9. The second-order valence-corrected chi connectivity index (χ2v) is 7.52. The van der Waals surface area contributed by atoms with Crippen molar-refractivity contribution in [3.8, 4) is 22.8 Å². The molecule has 0 aliphatic carbocycles. The molecular weight excluding hydrogens is 394 g/mol. The molecule has 0 amide bonds. The number of nitrogens with one attached hydrogen (secondary N) is 1. The molecule has 28 heavy (non-hydrogen) atoms. The predicted octanol–water partition coefficient (Wildman–Crippen LogP) is 6.10. The summed E-state index contributed by atoms with van der Waals surface area (Å²) < 4.78 is 11.5. The van der Waals surface area contributed by atoms with Crippen LogP contribution in [0.2, 0.25) is 5.02 Å². The first-order chi connectivity index (χ1) is 13.5. The first kappa shape index (κ1) is 20.2. The molecule has 7 heteroatoms. The minimum absolute atomic E-state index is 0.0835. The SMILES string of the molecule is CCOc1cc(/C=N\Nc2nc(-c3ccc(Cl)cc3)cs2)ccc1OC(C)C. The highest BCUT2D eigenvalue weighted by atomic mass is 35.5. The molecule has 0 bridgehead atoms. The third-order valence-electron chi connectivity index (χ3n) is 3.65. The standard InChI is InChI=1S/C21H22ClN3O2S/c1-4-26-20-11-15(5-10-19(20)27-14(2)3)12-23-25-21-24-18(13-28-21)16-6-8-17(22)9-7-16/h5-14H,4H2,1-3H3,(H,24,25)/b23-12-. The highest BCUT2D eigenvalue weighted by Gasteiger charge is 2.08. The largest absolute Gasteiger partial charge is 0.490 e. The number of aromatic nitrogens is 1. The van der Waals surface area contributed by atoms with E-state index in [0.717, 1.165) is 22.6 Å². The van der Waals surface area contributed by atoms with Gasteiger partial charge in [-0.2, -0.15) is 5.10 Å². The molecule has 0 radical (unpaired) electrons. The number of halogens is 1. The second-order valence-electron chi connectivity index (χ2n) is 6.22. The van der Waals surface area contributed by atoms with Crippen LogP contribution in [0.3, 0.4) is 0 Å². The number of hydrogen-bond donors (Lipinski definition) is 1. The number of nitrogens with zero attached hydrogens (tertiary/aromatic N) is 2. The van der Waals surface area contributed by atoms with Gasteiger partial charge >= 0.3 is 0 Å². The summed E-state index contributed by atoms with van der Waals surface area (Å²) in [4.78, 5) is 4.54. The molecule has 0 spiro atoms. The van der Waals surface area contributed by atoms with Crippen molar-refractivity contribution in [1.29, 1.82) is 0 Å². The molecule has 146 valence electrons. The smallest absolute Gasteiger partial charge is 0.203 e. The second kappa shape index (κ2) is 9.57.